The van der Waals surface area contributed by atoms with Gasteiger partial charge in [0.05, 0.1) is 0 Å². The van der Waals surface area contributed by atoms with Gasteiger partial charge in [0.2, 0.25) is 0 Å². The van der Waals surface area contributed by atoms with Crippen molar-refractivity contribution in [3.05, 3.63) is 29.8 Å². The zero-order valence-electron chi connectivity index (χ0n) is 10.2. The van der Waals surface area contributed by atoms with E-state index in [1.54, 1.807) is 6.07 Å². The van der Waals surface area contributed by atoms with Gasteiger partial charge < -0.3 is 10.4 Å². The Labute approximate surface area is 106 Å². The maximum Gasteiger partial charge on any atom is 0.394 e. The molecule has 2 N–H and O–H groups in total. The Morgan fingerprint density at radius 2 is 1.89 bits per heavy atom. The van der Waals surface area contributed by atoms with Crippen LogP contribution < -0.4 is 5.32 Å². The maximum atomic E-state index is 11.1. The Kier molecular flexibility index (Phi) is 3.97. The Morgan fingerprint density at radius 3 is 2.56 bits per heavy atom. The largest absolute Gasteiger partial charge is 0.474 e. The topological polar surface area (TPSA) is 66.4 Å². The van der Waals surface area contributed by atoms with Crippen LogP contribution >= 0.6 is 0 Å². The lowest BCUT2D eigenvalue weighted by atomic mass is 9.84. The van der Waals surface area contributed by atoms with Gasteiger partial charge in [0.1, 0.15) is 0 Å². The number of anilines is 1. The first-order valence-corrected chi connectivity index (χ1v) is 6.31. The number of benzene rings is 1. The van der Waals surface area contributed by atoms with Crippen LogP contribution in [0.1, 0.15) is 43.6 Å². The molecule has 1 amide bonds. The summed E-state index contributed by atoms with van der Waals surface area (Å²) in [7, 11) is 0. The molecule has 0 atom stereocenters. The molecule has 0 bridgehead atoms. The Bertz CT molecular complexity index is 450. The molecule has 0 heterocycles. The second kappa shape index (κ2) is 5.67. The molecule has 2 rings (SSSR count). The monoisotopic (exact) mass is 247 g/mol. The van der Waals surface area contributed by atoms with E-state index >= 15 is 0 Å². The van der Waals surface area contributed by atoms with Gasteiger partial charge in [-0.3, -0.25) is 4.79 Å². The number of aliphatic carboxylic acids is 1. The summed E-state index contributed by atoms with van der Waals surface area (Å²) in [6.07, 6.45) is 6.14. The van der Waals surface area contributed by atoms with Crippen LogP contribution in [0.15, 0.2) is 24.3 Å². The van der Waals surface area contributed by atoms with E-state index in [-0.39, 0.29) is 0 Å². The fourth-order valence-corrected chi connectivity index (χ4v) is 2.49. The van der Waals surface area contributed by atoms with Gasteiger partial charge in [-0.2, -0.15) is 0 Å². The molecule has 1 fully saturated rings. The number of hydrogen-bond acceptors (Lipinski definition) is 2. The summed E-state index contributed by atoms with van der Waals surface area (Å²) in [5.74, 6) is -1.91. The molecular weight excluding hydrogens is 230 g/mol. The molecule has 0 aliphatic heterocycles. The molecule has 0 radical (unpaired) electrons. The van der Waals surface area contributed by atoms with Crippen molar-refractivity contribution >= 4 is 17.6 Å². The third-order valence-corrected chi connectivity index (χ3v) is 3.42. The number of nitrogens with one attached hydrogen (secondary N) is 1. The molecule has 4 nitrogen and oxygen atoms in total. The third-order valence-electron chi connectivity index (χ3n) is 3.42. The van der Waals surface area contributed by atoms with Crippen molar-refractivity contribution in [3.63, 3.8) is 0 Å². The molecule has 1 aromatic carbocycles. The molecule has 0 aromatic heterocycles. The lowest BCUT2D eigenvalue weighted by Crippen LogP contribution is -2.21. The third kappa shape index (κ3) is 3.09. The van der Waals surface area contributed by atoms with E-state index in [1.165, 1.54) is 37.7 Å². The van der Waals surface area contributed by atoms with Crippen LogP contribution in [0.5, 0.6) is 0 Å². The van der Waals surface area contributed by atoms with Crippen LogP contribution in [0.25, 0.3) is 0 Å². The molecular formula is C14H17NO3. The lowest BCUT2D eigenvalue weighted by molar-refractivity contribution is -0.147. The SMILES string of the molecule is O=C(O)C(=O)Nc1cccc(C2CCCCC2)c1. The number of carboxylic acids is 1. The van der Waals surface area contributed by atoms with Crippen LogP contribution in [-0.4, -0.2) is 17.0 Å². The molecule has 1 aromatic rings. The molecule has 18 heavy (non-hydrogen) atoms. The van der Waals surface area contributed by atoms with Gasteiger partial charge >= 0.3 is 11.9 Å². The summed E-state index contributed by atoms with van der Waals surface area (Å²) in [5.41, 5.74) is 1.75. The standard InChI is InChI=1S/C14H17NO3/c16-13(14(17)18)15-12-8-4-7-11(9-12)10-5-2-1-3-6-10/h4,7-10H,1-3,5-6H2,(H,15,16)(H,17,18). The van der Waals surface area contributed by atoms with E-state index < -0.39 is 11.9 Å². The summed E-state index contributed by atoms with van der Waals surface area (Å²) in [6, 6.07) is 7.51. The fourth-order valence-electron chi connectivity index (χ4n) is 2.49. The fraction of sp³-hybridized carbons (Fsp3) is 0.429. The van der Waals surface area contributed by atoms with Gasteiger partial charge in [-0.05, 0) is 36.5 Å². The van der Waals surface area contributed by atoms with E-state index in [4.69, 9.17) is 5.11 Å². The van der Waals surface area contributed by atoms with Crippen LogP contribution in [-0.2, 0) is 9.59 Å². The second-order valence-electron chi connectivity index (χ2n) is 4.72. The summed E-state index contributed by atoms with van der Waals surface area (Å²) in [4.78, 5) is 21.6. The zero-order valence-corrected chi connectivity index (χ0v) is 10.2. The summed E-state index contributed by atoms with van der Waals surface area (Å²) >= 11 is 0. The predicted octanol–water partition coefficient (Wildman–Crippen LogP) is 2.76. The van der Waals surface area contributed by atoms with Gasteiger partial charge in [0.25, 0.3) is 0 Å². The number of carbonyl (C=O) groups excluding carboxylic acids is 1. The predicted molar refractivity (Wildman–Crippen MR) is 68.5 cm³/mol. The van der Waals surface area contributed by atoms with Crippen molar-refractivity contribution in [1.82, 2.24) is 0 Å². The molecule has 1 saturated carbocycles. The van der Waals surface area contributed by atoms with E-state index in [2.05, 4.69) is 5.32 Å². The zero-order chi connectivity index (χ0) is 13.0. The van der Waals surface area contributed by atoms with E-state index in [9.17, 15) is 9.59 Å². The first kappa shape index (κ1) is 12.6. The maximum absolute atomic E-state index is 11.1. The lowest BCUT2D eigenvalue weighted by Gasteiger charge is -2.22. The first-order valence-electron chi connectivity index (χ1n) is 6.31. The molecule has 1 aliphatic carbocycles. The smallest absolute Gasteiger partial charge is 0.394 e. The van der Waals surface area contributed by atoms with Crippen molar-refractivity contribution in [3.8, 4) is 0 Å². The van der Waals surface area contributed by atoms with E-state index in [0.717, 1.165) is 0 Å². The molecule has 0 saturated heterocycles. The quantitative estimate of drug-likeness (QED) is 0.790. The average Bonchev–Trinajstić information content (AvgIpc) is 2.40. The van der Waals surface area contributed by atoms with Crippen molar-refractivity contribution in [2.24, 2.45) is 0 Å². The highest BCUT2D eigenvalue weighted by Crippen LogP contribution is 2.33. The molecule has 4 heteroatoms. The normalized spacial score (nSPS) is 16.2. The molecule has 0 unspecified atom stereocenters. The Morgan fingerprint density at radius 1 is 1.17 bits per heavy atom. The highest BCUT2D eigenvalue weighted by atomic mass is 16.4. The molecule has 96 valence electrons. The minimum Gasteiger partial charge on any atom is -0.474 e. The van der Waals surface area contributed by atoms with Gasteiger partial charge in [-0.1, -0.05) is 31.4 Å². The van der Waals surface area contributed by atoms with E-state index in [0.29, 0.717) is 11.6 Å². The van der Waals surface area contributed by atoms with Gasteiger partial charge in [-0.15, -0.1) is 0 Å². The molecule has 1 aliphatic rings. The Hall–Kier alpha value is -1.84. The van der Waals surface area contributed by atoms with Gasteiger partial charge in [0, 0.05) is 5.69 Å². The number of rotatable bonds is 2. The highest BCUT2D eigenvalue weighted by molar-refractivity contribution is 6.36. The van der Waals surface area contributed by atoms with Crippen LogP contribution in [0, 0.1) is 0 Å². The van der Waals surface area contributed by atoms with Crippen molar-refractivity contribution < 1.29 is 14.7 Å². The molecule has 0 spiro atoms. The summed E-state index contributed by atoms with van der Waals surface area (Å²) < 4.78 is 0. The number of hydrogen-bond donors (Lipinski definition) is 2. The minimum atomic E-state index is -1.46. The first-order chi connectivity index (χ1) is 8.66. The van der Waals surface area contributed by atoms with Gasteiger partial charge in [-0.25, -0.2) is 4.79 Å². The van der Waals surface area contributed by atoms with Crippen LogP contribution in [0.2, 0.25) is 0 Å². The van der Waals surface area contributed by atoms with Crippen LogP contribution in [0.4, 0.5) is 5.69 Å². The van der Waals surface area contributed by atoms with Crippen molar-refractivity contribution in [2.45, 2.75) is 38.0 Å². The van der Waals surface area contributed by atoms with Crippen LogP contribution in [0.3, 0.4) is 0 Å². The Balaban J connectivity index is 2.09. The van der Waals surface area contributed by atoms with Crippen molar-refractivity contribution in [1.29, 1.82) is 0 Å². The summed E-state index contributed by atoms with van der Waals surface area (Å²) in [5, 5.41) is 10.9. The summed E-state index contributed by atoms with van der Waals surface area (Å²) in [6.45, 7) is 0. The minimum absolute atomic E-state index is 0.542. The number of carboxylic acid groups (broad SMARTS) is 1. The number of amides is 1. The van der Waals surface area contributed by atoms with E-state index in [1.807, 2.05) is 18.2 Å². The average molecular weight is 247 g/mol. The van der Waals surface area contributed by atoms with Crippen molar-refractivity contribution in [2.75, 3.05) is 5.32 Å². The number of carbonyl (C=O) groups is 2. The second-order valence-corrected chi connectivity index (χ2v) is 4.72. The van der Waals surface area contributed by atoms with Gasteiger partial charge in [0.15, 0.2) is 0 Å². The highest BCUT2D eigenvalue weighted by Gasteiger charge is 2.16.